The Morgan fingerprint density at radius 3 is 2.36 bits per heavy atom. The molecule has 0 saturated carbocycles. The van der Waals surface area contributed by atoms with Crippen molar-refractivity contribution in [3.05, 3.63) is 29.8 Å². The van der Waals surface area contributed by atoms with E-state index in [0.717, 1.165) is 31.6 Å². The molecule has 0 aromatic heterocycles. The van der Waals surface area contributed by atoms with Gasteiger partial charge in [-0.05, 0) is 38.8 Å². The highest BCUT2D eigenvalue weighted by Crippen LogP contribution is 2.18. The summed E-state index contributed by atoms with van der Waals surface area (Å²) in [5.41, 5.74) is 7.35. The van der Waals surface area contributed by atoms with Crippen LogP contribution in [0.1, 0.15) is 25.3 Å². The standard InChI is InChI=1S/C16H24N4O2/c1-11-3-5-13(6-4-11)18-14-7-9-20(10-8-14)12(2)15(21)19-16(17)22/h3-6,12,14,18H,7-10H2,1-2H3,(H3,17,19,21,22)/t12-/m0/s1. The van der Waals surface area contributed by atoms with Gasteiger partial charge >= 0.3 is 6.03 Å². The Morgan fingerprint density at radius 1 is 1.23 bits per heavy atom. The van der Waals surface area contributed by atoms with Gasteiger partial charge in [0.1, 0.15) is 0 Å². The van der Waals surface area contributed by atoms with Gasteiger partial charge in [0, 0.05) is 24.8 Å². The van der Waals surface area contributed by atoms with E-state index in [9.17, 15) is 9.59 Å². The number of carbonyl (C=O) groups is 2. The van der Waals surface area contributed by atoms with Crippen LogP contribution in [0.15, 0.2) is 24.3 Å². The lowest BCUT2D eigenvalue weighted by Crippen LogP contribution is -2.51. The highest BCUT2D eigenvalue weighted by atomic mass is 16.2. The van der Waals surface area contributed by atoms with Crippen molar-refractivity contribution < 1.29 is 9.59 Å². The average Bonchev–Trinajstić information content (AvgIpc) is 2.49. The molecule has 1 atom stereocenters. The van der Waals surface area contributed by atoms with Gasteiger partial charge < -0.3 is 11.1 Å². The predicted octanol–water partition coefficient (Wildman–Crippen LogP) is 1.45. The molecule has 0 spiro atoms. The largest absolute Gasteiger partial charge is 0.382 e. The van der Waals surface area contributed by atoms with Crippen LogP contribution in [0.5, 0.6) is 0 Å². The molecule has 3 amide bonds. The van der Waals surface area contributed by atoms with E-state index in [1.807, 2.05) is 0 Å². The molecule has 4 N–H and O–H groups in total. The number of hydrogen-bond donors (Lipinski definition) is 3. The predicted molar refractivity (Wildman–Crippen MR) is 86.6 cm³/mol. The zero-order chi connectivity index (χ0) is 16.1. The monoisotopic (exact) mass is 304 g/mol. The number of anilines is 1. The minimum Gasteiger partial charge on any atom is -0.382 e. The maximum Gasteiger partial charge on any atom is 0.318 e. The Labute approximate surface area is 131 Å². The molecule has 2 rings (SSSR count). The zero-order valence-corrected chi connectivity index (χ0v) is 13.1. The van der Waals surface area contributed by atoms with Crippen LogP contribution in [0.4, 0.5) is 10.5 Å². The van der Waals surface area contributed by atoms with Crippen LogP contribution < -0.4 is 16.4 Å². The molecule has 6 nitrogen and oxygen atoms in total. The summed E-state index contributed by atoms with van der Waals surface area (Å²) in [7, 11) is 0. The van der Waals surface area contributed by atoms with Crippen LogP contribution in [-0.4, -0.2) is 42.0 Å². The number of hydrogen-bond acceptors (Lipinski definition) is 4. The molecule has 1 aliphatic rings. The number of likely N-dealkylation sites (tertiary alicyclic amines) is 1. The summed E-state index contributed by atoms with van der Waals surface area (Å²) in [5, 5.41) is 5.67. The van der Waals surface area contributed by atoms with Crippen molar-refractivity contribution >= 4 is 17.6 Å². The maximum absolute atomic E-state index is 11.8. The lowest BCUT2D eigenvalue weighted by molar-refractivity contribution is -0.125. The molecule has 1 aliphatic heterocycles. The van der Waals surface area contributed by atoms with E-state index in [-0.39, 0.29) is 11.9 Å². The third-order valence-electron chi connectivity index (χ3n) is 4.13. The first kappa shape index (κ1) is 16.3. The number of primary amides is 1. The van der Waals surface area contributed by atoms with E-state index < -0.39 is 6.03 Å². The van der Waals surface area contributed by atoms with Gasteiger partial charge in [-0.25, -0.2) is 4.79 Å². The minimum atomic E-state index is -0.798. The van der Waals surface area contributed by atoms with Gasteiger partial charge in [-0.2, -0.15) is 0 Å². The average molecular weight is 304 g/mol. The van der Waals surface area contributed by atoms with Gasteiger partial charge in [0.15, 0.2) is 0 Å². The molecule has 1 heterocycles. The summed E-state index contributed by atoms with van der Waals surface area (Å²) in [6.07, 6.45) is 1.92. The molecule has 120 valence electrons. The first-order valence-corrected chi connectivity index (χ1v) is 7.63. The zero-order valence-electron chi connectivity index (χ0n) is 13.1. The lowest BCUT2D eigenvalue weighted by Gasteiger charge is -2.35. The molecule has 1 fully saturated rings. The second-order valence-electron chi connectivity index (χ2n) is 5.85. The number of urea groups is 1. The van der Waals surface area contributed by atoms with Gasteiger partial charge in [-0.3, -0.25) is 15.0 Å². The first-order chi connectivity index (χ1) is 10.5. The van der Waals surface area contributed by atoms with Crippen LogP contribution in [0.25, 0.3) is 0 Å². The van der Waals surface area contributed by atoms with Gasteiger partial charge in [-0.1, -0.05) is 17.7 Å². The highest BCUT2D eigenvalue weighted by Gasteiger charge is 2.27. The van der Waals surface area contributed by atoms with E-state index in [1.165, 1.54) is 5.56 Å². The number of nitrogens with one attached hydrogen (secondary N) is 2. The molecule has 1 saturated heterocycles. The van der Waals surface area contributed by atoms with E-state index in [1.54, 1.807) is 6.92 Å². The van der Waals surface area contributed by atoms with E-state index in [2.05, 4.69) is 46.7 Å². The molecule has 0 unspecified atom stereocenters. The normalized spacial score (nSPS) is 17.7. The fourth-order valence-corrected chi connectivity index (χ4v) is 2.71. The number of amides is 3. The topological polar surface area (TPSA) is 87.5 Å². The molecule has 0 bridgehead atoms. The Hall–Kier alpha value is -2.08. The third kappa shape index (κ3) is 4.46. The van der Waals surface area contributed by atoms with Gasteiger partial charge in [0.25, 0.3) is 0 Å². The summed E-state index contributed by atoms with van der Waals surface area (Å²) in [5.74, 6) is -0.336. The van der Waals surface area contributed by atoms with Crippen LogP contribution in [0.3, 0.4) is 0 Å². The van der Waals surface area contributed by atoms with Gasteiger partial charge in [0.2, 0.25) is 5.91 Å². The number of piperidine rings is 1. The third-order valence-corrected chi connectivity index (χ3v) is 4.13. The fourth-order valence-electron chi connectivity index (χ4n) is 2.71. The molecular formula is C16H24N4O2. The maximum atomic E-state index is 11.8. The second kappa shape index (κ2) is 7.26. The van der Waals surface area contributed by atoms with Crippen LogP contribution in [0, 0.1) is 6.92 Å². The number of rotatable bonds is 4. The van der Waals surface area contributed by atoms with Crippen LogP contribution in [0.2, 0.25) is 0 Å². The van der Waals surface area contributed by atoms with Crippen molar-refractivity contribution in [1.29, 1.82) is 0 Å². The van der Waals surface area contributed by atoms with Gasteiger partial charge in [0.05, 0.1) is 6.04 Å². The molecule has 22 heavy (non-hydrogen) atoms. The molecular weight excluding hydrogens is 280 g/mol. The first-order valence-electron chi connectivity index (χ1n) is 7.63. The van der Waals surface area contributed by atoms with E-state index in [4.69, 9.17) is 5.73 Å². The summed E-state index contributed by atoms with van der Waals surface area (Å²) in [6, 6.07) is 7.63. The van der Waals surface area contributed by atoms with Crippen LogP contribution in [-0.2, 0) is 4.79 Å². The highest BCUT2D eigenvalue weighted by molar-refractivity contribution is 5.96. The molecule has 1 aromatic rings. The number of aryl methyl sites for hydroxylation is 1. The summed E-state index contributed by atoms with van der Waals surface area (Å²) in [4.78, 5) is 24.6. The van der Waals surface area contributed by atoms with Gasteiger partial charge in [-0.15, -0.1) is 0 Å². The van der Waals surface area contributed by atoms with Crippen molar-refractivity contribution in [1.82, 2.24) is 10.2 Å². The molecule has 0 radical (unpaired) electrons. The minimum absolute atomic E-state index is 0.336. The Kier molecular flexibility index (Phi) is 5.38. The summed E-state index contributed by atoms with van der Waals surface area (Å²) in [6.45, 7) is 5.50. The smallest absolute Gasteiger partial charge is 0.318 e. The Bertz CT molecular complexity index is 521. The number of carbonyl (C=O) groups excluding carboxylic acids is 2. The summed E-state index contributed by atoms with van der Waals surface area (Å²) < 4.78 is 0. The molecule has 0 aliphatic carbocycles. The van der Waals surface area contributed by atoms with Crippen LogP contribution >= 0.6 is 0 Å². The van der Waals surface area contributed by atoms with Crippen molar-refractivity contribution in [3.63, 3.8) is 0 Å². The quantitative estimate of drug-likeness (QED) is 0.786. The Morgan fingerprint density at radius 2 is 1.82 bits per heavy atom. The van der Waals surface area contributed by atoms with Crippen molar-refractivity contribution in [2.75, 3.05) is 18.4 Å². The van der Waals surface area contributed by atoms with Crippen molar-refractivity contribution in [2.24, 2.45) is 5.73 Å². The lowest BCUT2D eigenvalue weighted by atomic mass is 10.0. The van der Waals surface area contributed by atoms with Crippen molar-refractivity contribution in [2.45, 2.75) is 38.8 Å². The Balaban J connectivity index is 1.81. The molecule has 6 heteroatoms. The van der Waals surface area contributed by atoms with E-state index >= 15 is 0 Å². The number of nitrogens with two attached hydrogens (primary N) is 1. The fraction of sp³-hybridized carbons (Fsp3) is 0.500. The SMILES string of the molecule is Cc1ccc(NC2CCN([C@@H](C)C(=O)NC(N)=O)CC2)cc1. The number of nitrogens with zero attached hydrogens (tertiary/aromatic N) is 1. The molecule has 1 aromatic carbocycles. The van der Waals surface area contributed by atoms with E-state index in [0.29, 0.717) is 6.04 Å². The second-order valence-corrected chi connectivity index (χ2v) is 5.85. The summed E-state index contributed by atoms with van der Waals surface area (Å²) >= 11 is 0. The number of benzene rings is 1. The number of imide groups is 1. The van der Waals surface area contributed by atoms with Crippen molar-refractivity contribution in [3.8, 4) is 0 Å².